The maximum absolute atomic E-state index is 13.1. The molecule has 4 aromatic rings. The lowest BCUT2D eigenvalue weighted by molar-refractivity contribution is 0.0600. The Morgan fingerprint density at radius 2 is 1.69 bits per heavy atom. The molecular formula is C27H27N3O5. The van der Waals surface area contributed by atoms with Crippen LogP contribution in [0.25, 0.3) is 22.0 Å². The quantitative estimate of drug-likeness (QED) is 0.402. The fourth-order valence-corrected chi connectivity index (χ4v) is 4.09. The molecular weight excluding hydrogens is 446 g/mol. The van der Waals surface area contributed by atoms with Crippen molar-refractivity contribution in [3.05, 3.63) is 81.4 Å². The molecule has 2 aromatic carbocycles. The van der Waals surface area contributed by atoms with Crippen LogP contribution in [0.5, 0.6) is 11.5 Å². The molecule has 4 rings (SSSR count). The van der Waals surface area contributed by atoms with Gasteiger partial charge in [-0.2, -0.15) is 0 Å². The predicted molar refractivity (Wildman–Crippen MR) is 134 cm³/mol. The van der Waals surface area contributed by atoms with E-state index in [1.54, 1.807) is 37.5 Å². The molecule has 0 aliphatic heterocycles. The van der Waals surface area contributed by atoms with Crippen molar-refractivity contribution in [2.75, 3.05) is 13.7 Å². The molecule has 8 nitrogen and oxygen atoms in total. The number of ether oxygens (including phenoxy) is 2. The van der Waals surface area contributed by atoms with Gasteiger partial charge in [-0.3, -0.25) is 9.59 Å². The second-order valence-electron chi connectivity index (χ2n) is 8.29. The molecule has 35 heavy (non-hydrogen) atoms. The zero-order valence-corrected chi connectivity index (χ0v) is 20.3. The fourth-order valence-electron chi connectivity index (χ4n) is 4.09. The summed E-state index contributed by atoms with van der Waals surface area (Å²) in [4.78, 5) is 41.0. The van der Waals surface area contributed by atoms with Gasteiger partial charge in [-0.25, -0.2) is 4.79 Å². The molecule has 0 radical (unpaired) electrons. The summed E-state index contributed by atoms with van der Waals surface area (Å²) in [5, 5.41) is 3.28. The lowest BCUT2D eigenvalue weighted by Gasteiger charge is -2.14. The molecule has 0 fully saturated rings. The number of hydrogen-bond donors (Lipinski definition) is 2. The lowest BCUT2D eigenvalue weighted by Crippen LogP contribution is -2.23. The highest BCUT2D eigenvalue weighted by Crippen LogP contribution is 2.40. The van der Waals surface area contributed by atoms with Crippen LogP contribution in [0.1, 0.15) is 38.9 Å². The van der Waals surface area contributed by atoms with Gasteiger partial charge in [0.2, 0.25) is 0 Å². The van der Waals surface area contributed by atoms with Crippen molar-refractivity contribution in [3.8, 4) is 22.6 Å². The predicted octanol–water partition coefficient (Wildman–Crippen LogP) is 4.48. The number of amides is 1. The third kappa shape index (κ3) is 4.30. The molecule has 0 spiro atoms. The summed E-state index contributed by atoms with van der Waals surface area (Å²) in [5.41, 5.74) is 3.74. The molecule has 0 saturated heterocycles. The first kappa shape index (κ1) is 23.8. The Bertz CT molecular complexity index is 1480. The van der Waals surface area contributed by atoms with E-state index in [4.69, 9.17) is 9.47 Å². The molecule has 180 valence electrons. The highest BCUT2D eigenvalue weighted by atomic mass is 16.5. The summed E-state index contributed by atoms with van der Waals surface area (Å²) in [6.45, 7) is 6.08. The summed E-state index contributed by atoms with van der Waals surface area (Å²) in [6, 6.07) is 12.6. The van der Waals surface area contributed by atoms with Crippen LogP contribution in [-0.4, -0.2) is 35.1 Å². The Kier molecular flexibility index (Phi) is 6.46. The van der Waals surface area contributed by atoms with Gasteiger partial charge >= 0.3 is 5.97 Å². The largest absolute Gasteiger partial charge is 0.465 e. The Labute approximate surface area is 202 Å². The molecule has 0 saturated carbocycles. The van der Waals surface area contributed by atoms with E-state index in [0.717, 1.165) is 16.7 Å². The number of para-hydroxylation sites is 1. The number of aromatic amines is 1. The summed E-state index contributed by atoms with van der Waals surface area (Å²) >= 11 is 0. The van der Waals surface area contributed by atoms with Crippen LogP contribution in [0.3, 0.4) is 0 Å². The SMILES string of the molecule is CCNC(=O)c1[nH]c2c(=O)n(C)cc(-c3ccc(C(=O)OC)cc3)c2c1Oc1c(C)cccc1C. The van der Waals surface area contributed by atoms with Gasteiger partial charge in [0.15, 0.2) is 5.75 Å². The van der Waals surface area contributed by atoms with E-state index >= 15 is 0 Å². The average Bonchev–Trinajstić information content (AvgIpc) is 3.23. The number of aryl methyl sites for hydroxylation is 3. The van der Waals surface area contributed by atoms with Crippen LogP contribution in [-0.2, 0) is 11.8 Å². The summed E-state index contributed by atoms with van der Waals surface area (Å²) in [5.74, 6) is 0.0695. The number of rotatable bonds is 6. The van der Waals surface area contributed by atoms with Gasteiger partial charge in [-0.05, 0) is 49.6 Å². The molecule has 0 atom stereocenters. The zero-order chi connectivity index (χ0) is 25.3. The monoisotopic (exact) mass is 473 g/mol. The van der Waals surface area contributed by atoms with Crippen LogP contribution in [0.4, 0.5) is 0 Å². The number of fused-ring (bicyclic) bond motifs is 1. The van der Waals surface area contributed by atoms with Crippen LogP contribution in [0.2, 0.25) is 0 Å². The van der Waals surface area contributed by atoms with Crippen molar-refractivity contribution in [3.63, 3.8) is 0 Å². The van der Waals surface area contributed by atoms with Gasteiger partial charge in [-0.1, -0.05) is 30.3 Å². The number of H-pyrrole nitrogens is 1. The van der Waals surface area contributed by atoms with Gasteiger partial charge in [0.25, 0.3) is 11.5 Å². The van der Waals surface area contributed by atoms with E-state index in [1.165, 1.54) is 11.7 Å². The molecule has 8 heteroatoms. The average molecular weight is 474 g/mol. The number of benzene rings is 2. The summed E-state index contributed by atoms with van der Waals surface area (Å²) < 4.78 is 12.7. The first-order valence-electron chi connectivity index (χ1n) is 11.2. The number of nitrogens with one attached hydrogen (secondary N) is 2. The second kappa shape index (κ2) is 9.50. The number of carbonyl (C=O) groups excluding carboxylic acids is 2. The topological polar surface area (TPSA) is 102 Å². The van der Waals surface area contributed by atoms with E-state index in [2.05, 4.69) is 10.3 Å². The Balaban J connectivity index is 2.02. The van der Waals surface area contributed by atoms with Crippen molar-refractivity contribution < 1.29 is 19.1 Å². The van der Waals surface area contributed by atoms with Crippen LogP contribution >= 0.6 is 0 Å². The minimum atomic E-state index is -0.443. The van der Waals surface area contributed by atoms with Gasteiger partial charge < -0.3 is 24.3 Å². The molecule has 0 aliphatic rings. The number of nitrogens with zero attached hydrogens (tertiary/aromatic N) is 1. The minimum Gasteiger partial charge on any atom is -0.465 e. The molecule has 0 bridgehead atoms. The number of pyridine rings is 1. The number of carbonyl (C=O) groups is 2. The highest BCUT2D eigenvalue weighted by molar-refractivity contribution is 6.08. The van der Waals surface area contributed by atoms with Gasteiger partial charge in [0, 0.05) is 25.4 Å². The number of methoxy groups -OCH3 is 1. The highest BCUT2D eigenvalue weighted by Gasteiger charge is 2.26. The summed E-state index contributed by atoms with van der Waals surface area (Å²) in [6.07, 6.45) is 1.70. The standard InChI is InChI=1S/C27H27N3O5/c1-6-28-25(31)22-24(35-23-15(2)8-7-9-16(23)3)20-19(14-30(4)26(32)21(20)29-22)17-10-12-18(13-11-17)27(33)34-5/h7-14,29H,6H2,1-5H3,(H,28,31). The van der Waals surface area contributed by atoms with Crippen LogP contribution < -0.4 is 15.6 Å². The van der Waals surface area contributed by atoms with Crippen molar-refractivity contribution >= 4 is 22.8 Å². The van der Waals surface area contributed by atoms with E-state index in [0.29, 0.717) is 28.8 Å². The molecule has 2 heterocycles. The third-order valence-electron chi connectivity index (χ3n) is 5.87. The number of esters is 1. The maximum Gasteiger partial charge on any atom is 0.337 e. The smallest absolute Gasteiger partial charge is 0.337 e. The van der Waals surface area contributed by atoms with E-state index in [1.807, 2.05) is 39.0 Å². The van der Waals surface area contributed by atoms with E-state index in [-0.39, 0.29) is 28.4 Å². The summed E-state index contributed by atoms with van der Waals surface area (Å²) in [7, 11) is 2.97. The first-order valence-corrected chi connectivity index (χ1v) is 11.2. The van der Waals surface area contributed by atoms with Crippen molar-refractivity contribution in [2.45, 2.75) is 20.8 Å². The minimum absolute atomic E-state index is 0.167. The lowest BCUT2D eigenvalue weighted by atomic mass is 10.0. The van der Waals surface area contributed by atoms with Crippen molar-refractivity contribution in [1.82, 2.24) is 14.9 Å². The van der Waals surface area contributed by atoms with Crippen LogP contribution in [0, 0.1) is 13.8 Å². The second-order valence-corrected chi connectivity index (χ2v) is 8.29. The van der Waals surface area contributed by atoms with Crippen molar-refractivity contribution in [1.29, 1.82) is 0 Å². The molecule has 0 unspecified atom stereocenters. The maximum atomic E-state index is 13.1. The fraction of sp³-hybridized carbons (Fsp3) is 0.222. The van der Waals surface area contributed by atoms with E-state index < -0.39 is 5.97 Å². The van der Waals surface area contributed by atoms with Gasteiger partial charge in [0.1, 0.15) is 17.0 Å². The Hall–Kier alpha value is -4.33. The molecule has 0 aliphatic carbocycles. The molecule has 2 N–H and O–H groups in total. The molecule has 2 aromatic heterocycles. The molecule has 1 amide bonds. The Morgan fingerprint density at radius 3 is 2.29 bits per heavy atom. The number of aromatic nitrogens is 2. The third-order valence-corrected chi connectivity index (χ3v) is 5.87. The Morgan fingerprint density at radius 1 is 1.03 bits per heavy atom. The van der Waals surface area contributed by atoms with E-state index in [9.17, 15) is 14.4 Å². The zero-order valence-electron chi connectivity index (χ0n) is 20.3. The van der Waals surface area contributed by atoms with Crippen LogP contribution in [0.15, 0.2) is 53.5 Å². The van der Waals surface area contributed by atoms with Crippen molar-refractivity contribution in [2.24, 2.45) is 7.05 Å². The van der Waals surface area contributed by atoms with Gasteiger partial charge in [-0.15, -0.1) is 0 Å². The van der Waals surface area contributed by atoms with Gasteiger partial charge in [0.05, 0.1) is 18.1 Å². The first-order chi connectivity index (χ1) is 16.8. The normalized spacial score (nSPS) is 10.9. The number of hydrogen-bond acceptors (Lipinski definition) is 5.